The molecule has 11 heteroatoms. The fourth-order valence-corrected chi connectivity index (χ4v) is 5.16. The SMILES string of the molecule is CC(C)(C)OC(=O)N(CC(=O)O)c1cccc(CN(Cc2cccc(C(C)(C)C)c2)S(=O)(=O)c2cccnc2)n1. The van der Waals surface area contributed by atoms with Crippen molar-refractivity contribution in [2.24, 2.45) is 0 Å². The van der Waals surface area contributed by atoms with Crippen molar-refractivity contribution in [2.45, 2.75) is 70.5 Å². The van der Waals surface area contributed by atoms with Gasteiger partial charge in [-0.3, -0.25) is 14.7 Å². The Kier molecular flexibility index (Phi) is 9.32. The van der Waals surface area contributed by atoms with Gasteiger partial charge in [-0.25, -0.2) is 18.2 Å². The Labute approximate surface area is 235 Å². The quantitative estimate of drug-likeness (QED) is 0.382. The number of nitrogens with zero attached hydrogens (tertiary/aromatic N) is 4. The summed E-state index contributed by atoms with van der Waals surface area (Å²) in [7, 11) is -4.01. The molecule has 1 aromatic carbocycles. The van der Waals surface area contributed by atoms with E-state index in [0.717, 1.165) is 16.0 Å². The van der Waals surface area contributed by atoms with Crippen molar-refractivity contribution < 1.29 is 27.9 Å². The van der Waals surface area contributed by atoms with Crippen LogP contribution in [0.4, 0.5) is 10.6 Å². The number of carbonyl (C=O) groups is 2. The lowest BCUT2D eigenvalue weighted by Gasteiger charge is -2.26. The summed E-state index contributed by atoms with van der Waals surface area (Å²) < 4.78 is 34.2. The molecule has 2 heterocycles. The molecule has 2 aromatic heterocycles. The van der Waals surface area contributed by atoms with Gasteiger partial charge in [-0.05, 0) is 61.6 Å². The topological polar surface area (TPSA) is 130 Å². The van der Waals surface area contributed by atoms with Crippen molar-refractivity contribution in [1.29, 1.82) is 0 Å². The molecule has 40 heavy (non-hydrogen) atoms. The number of carboxylic acid groups (broad SMARTS) is 1. The number of amides is 1. The molecule has 0 spiro atoms. The summed E-state index contributed by atoms with van der Waals surface area (Å²) in [5.74, 6) is -1.22. The van der Waals surface area contributed by atoms with Crippen LogP contribution in [-0.4, -0.2) is 52.0 Å². The molecule has 0 atom stereocenters. The largest absolute Gasteiger partial charge is 0.480 e. The van der Waals surface area contributed by atoms with E-state index >= 15 is 0 Å². The van der Waals surface area contributed by atoms with Gasteiger partial charge in [0.25, 0.3) is 0 Å². The van der Waals surface area contributed by atoms with Crippen molar-refractivity contribution in [3.05, 3.63) is 83.8 Å². The summed E-state index contributed by atoms with van der Waals surface area (Å²) in [6, 6.07) is 15.5. The Morgan fingerprint density at radius 1 is 0.950 bits per heavy atom. The maximum atomic E-state index is 13.7. The van der Waals surface area contributed by atoms with Gasteiger partial charge in [0.2, 0.25) is 10.0 Å². The highest BCUT2D eigenvalue weighted by Crippen LogP contribution is 2.26. The highest BCUT2D eigenvalue weighted by Gasteiger charge is 2.29. The van der Waals surface area contributed by atoms with Crippen LogP contribution in [0.25, 0.3) is 0 Å². The summed E-state index contributed by atoms with van der Waals surface area (Å²) in [4.78, 5) is 33.7. The lowest BCUT2D eigenvalue weighted by Crippen LogP contribution is -2.40. The molecule has 0 unspecified atom stereocenters. The maximum absolute atomic E-state index is 13.7. The smallest absolute Gasteiger partial charge is 0.416 e. The second-order valence-electron chi connectivity index (χ2n) is 11.4. The first-order chi connectivity index (χ1) is 18.6. The van der Waals surface area contributed by atoms with Crippen molar-refractivity contribution in [3.8, 4) is 0 Å². The van der Waals surface area contributed by atoms with E-state index in [9.17, 15) is 23.1 Å². The number of aliphatic carboxylic acids is 1. The van der Waals surface area contributed by atoms with Gasteiger partial charge >= 0.3 is 12.1 Å². The number of pyridine rings is 2. The van der Waals surface area contributed by atoms with Crippen LogP contribution < -0.4 is 4.90 Å². The minimum Gasteiger partial charge on any atom is -0.480 e. The molecular weight excluding hydrogens is 532 g/mol. The molecule has 0 aliphatic rings. The van der Waals surface area contributed by atoms with Crippen LogP contribution in [0.5, 0.6) is 0 Å². The highest BCUT2D eigenvalue weighted by molar-refractivity contribution is 7.89. The van der Waals surface area contributed by atoms with Gasteiger partial charge < -0.3 is 9.84 Å². The number of carboxylic acids is 1. The van der Waals surface area contributed by atoms with E-state index in [1.165, 1.54) is 28.8 Å². The summed E-state index contributed by atoms with van der Waals surface area (Å²) in [5.41, 5.74) is 1.18. The molecule has 3 rings (SSSR count). The lowest BCUT2D eigenvalue weighted by molar-refractivity contribution is -0.135. The Hall–Kier alpha value is -3.83. The molecule has 3 aromatic rings. The van der Waals surface area contributed by atoms with Gasteiger partial charge in [-0.1, -0.05) is 51.1 Å². The minimum absolute atomic E-state index is 0.0272. The van der Waals surface area contributed by atoms with Gasteiger partial charge in [0, 0.05) is 18.9 Å². The van der Waals surface area contributed by atoms with Crippen molar-refractivity contribution in [2.75, 3.05) is 11.4 Å². The normalized spacial score (nSPS) is 12.3. The molecule has 0 aliphatic carbocycles. The van der Waals surface area contributed by atoms with Crippen LogP contribution in [0.2, 0.25) is 0 Å². The Balaban J connectivity index is 2.02. The molecule has 0 saturated heterocycles. The predicted octanol–water partition coefficient (Wildman–Crippen LogP) is 4.99. The second-order valence-corrected chi connectivity index (χ2v) is 13.3. The number of sulfonamides is 1. The highest BCUT2D eigenvalue weighted by atomic mass is 32.2. The minimum atomic E-state index is -4.01. The van der Waals surface area contributed by atoms with Gasteiger partial charge in [-0.15, -0.1) is 0 Å². The van der Waals surface area contributed by atoms with Crippen LogP contribution in [0, 0.1) is 0 Å². The monoisotopic (exact) mass is 568 g/mol. The van der Waals surface area contributed by atoms with E-state index in [-0.39, 0.29) is 29.2 Å². The summed E-state index contributed by atoms with van der Waals surface area (Å²) in [6.45, 7) is 10.5. The van der Waals surface area contributed by atoms with E-state index < -0.39 is 34.2 Å². The predicted molar refractivity (Wildman–Crippen MR) is 151 cm³/mol. The summed E-state index contributed by atoms with van der Waals surface area (Å²) >= 11 is 0. The van der Waals surface area contributed by atoms with Crippen molar-refractivity contribution in [3.63, 3.8) is 0 Å². The van der Waals surface area contributed by atoms with E-state index in [2.05, 4.69) is 30.7 Å². The van der Waals surface area contributed by atoms with Crippen molar-refractivity contribution in [1.82, 2.24) is 14.3 Å². The Bertz CT molecular complexity index is 1450. The fourth-order valence-electron chi connectivity index (χ4n) is 3.79. The molecule has 214 valence electrons. The van der Waals surface area contributed by atoms with Crippen LogP contribution in [0.1, 0.15) is 58.4 Å². The Morgan fingerprint density at radius 3 is 2.25 bits per heavy atom. The fraction of sp³-hybridized carbons (Fsp3) is 0.379. The van der Waals surface area contributed by atoms with Crippen molar-refractivity contribution >= 4 is 27.9 Å². The summed E-state index contributed by atoms with van der Waals surface area (Å²) in [6.07, 6.45) is 1.91. The molecule has 1 amide bonds. The lowest BCUT2D eigenvalue weighted by atomic mass is 9.86. The van der Waals surface area contributed by atoms with Gasteiger partial charge in [0.15, 0.2) is 0 Å². The van der Waals surface area contributed by atoms with Crippen LogP contribution in [0.3, 0.4) is 0 Å². The number of anilines is 1. The zero-order valence-electron chi connectivity index (χ0n) is 23.7. The molecule has 10 nitrogen and oxygen atoms in total. The molecule has 0 radical (unpaired) electrons. The maximum Gasteiger partial charge on any atom is 0.416 e. The number of hydrogen-bond acceptors (Lipinski definition) is 7. The summed E-state index contributed by atoms with van der Waals surface area (Å²) in [5, 5.41) is 9.41. The first-order valence-corrected chi connectivity index (χ1v) is 14.2. The Morgan fingerprint density at radius 2 is 1.65 bits per heavy atom. The van der Waals surface area contributed by atoms with E-state index in [4.69, 9.17) is 4.74 Å². The number of hydrogen-bond donors (Lipinski definition) is 1. The molecule has 0 bridgehead atoms. The second kappa shape index (κ2) is 12.1. The number of rotatable bonds is 9. The van der Waals surface area contributed by atoms with E-state index in [1.54, 1.807) is 39.0 Å². The molecule has 0 fully saturated rings. The third kappa shape index (κ3) is 8.33. The third-order valence-corrected chi connectivity index (χ3v) is 7.51. The van der Waals surface area contributed by atoms with Crippen LogP contribution in [0.15, 0.2) is 71.9 Å². The first kappa shape index (κ1) is 30.7. The average molecular weight is 569 g/mol. The van der Waals surface area contributed by atoms with Crippen LogP contribution in [-0.2, 0) is 38.1 Å². The number of carbonyl (C=O) groups excluding carboxylic acids is 1. The molecular formula is C29H36N4O6S. The van der Waals surface area contributed by atoms with Gasteiger partial charge in [-0.2, -0.15) is 4.31 Å². The van der Waals surface area contributed by atoms with Crippen LogP contribution >= 0.6 is 0 Å². The number of benzene rings is 1. The zero-order chi connectivity index (χ0) is 29.7. The molecule has 0 aliphatic heterocycles. The standard InChI is InChI=1S/C29H36N4O6S/c1-28(2,3)22-11-7-10-21(16-22)18-32(40(37,38)24-13-9-15-30-17-24)19-23-12-8-14-25(31-23)33(20-26(34)35)27(36)39-29(4,5)6/h7-17H,18-20H2,1-6H3,(H,34,35). The molecule has 0 saturated carbocycles. The van der Waals surface area contributed by atoms with E-state index in [0.29, 0.717) is 5.69 Å². The average Bonchev–Trinajstić information content (AvgIpc) is 2.86. The van der Waals surface area contributed by atoms with Gasteiger partial charge in [0.1, 0.15) is 22.9 Å². The third-order valence-electron chi connectivity index (χ3n) is 5.74. The first-order valence-electron chi connectivity index (χ1n) is 12.7. The molecule has 1 N–H and O–H groups in total. The number of ether oxygens (including phenoxy) is 1. The zero-order valence-corrected chi connectivity index (χ0v) is 24.5. The van der Waals surface area contributed by atoms with Gasteiger partial charge in [0.05, 0.1) is 12.2 Å². The van der Waals surface area contributed by atoms with E-state index in [1.807, 2.05) is 24.3 Å². The number of aromatic nitrogens is 2.